The van der Waals surface area contributed by atoms with Crippen LogP contribution in [0.2, 0.25) is 0 Å². The molecule has 0 bridgehead atoms. The Hall–Kier alpha value is -1.09. The molecular formula is C15H24FNO. The van der Waals surface area contributed by atoms with Crippen molar-refractivity contribution in [2.24, 2.45) is 5.92 Å². The van der Waals surface area contributed by atoms with Crippen molar-refractivity contribution in [3.8, 4) is 5.75 Å². The van der Waals surface area contributed by atoms with Gasteiger partial charge in [0.25, 0.3) is 0 Å². The summed E-state index contributed by atoms with van der Waals surface area (Å²) in [6, 6.07) is 4.90. The second-order valence-corrected chi connectivity index (χ2v) is 4.69. The third kappa shape index (κ3) is 3.98. The SMILES string of the molecule is CCC(CC)COc1cc(F)ccc1C(C)NC. The van der Waals surface area contributed by atoms with Gasteiger partial charge in [-0.05, 0) is 26.0 Å². The molecule has 1 rings (SSSR count). The Morgan fingerprint density at radius 2 is 1.94 bits per heavy atom. The molecule has 0 saturated carbocycles. The van der Waals surface area contributed by atoms with Gasteiger partial charge in [0.2, 0.25) is 0 Å². The van der Waals surface area contributed by atoms with Gasteiger partial charge in [0, 0.05) is 17.7 Å². The van der Waals surface area contributed by atoms with Gasteiger partial charge in [0.15, 0.2) is 0 Å². The Labute approximate surface area is 110 Å². The average Bonchev–Trinajstić information content (AvgIpc) is 2.39. The topological polar surface area (TPSA) is 21.3 Å². The van der Waals surface area contributed by atoms with Crippen LogP contribution in [0.25, 0.3) is 0 Å². The van der Waals surface area contributed by atoms with E-state index in [1.807, 2.05) is 14.0 Å². The van der Waals surface area contributed by atoms with Crippen LogP contribution < -0.4 is 10.1 Å². The van der Waals surface area contributed by atoms with Crippen molar-refractivity contribution >= 4 is 0 Å². The Morgan fingerprint density at radius 1 is 1.28 bits per heavy atom. The van der Waals surface area contributed by atoms with Crippen LogP contribution >= 0.6 is 0 Å². The monoisotopic (exact) mass is 253 g/mol. The van der Waals surface area contributed by atoms with E-state index in [0.29, 0.717) is 18.3 Å². The van der Waals surface area contributed by atoms with Gasteiger partial charge in [0.05, 0.1) is 6.61 Å². The number of benzene rings is 1. The smallest absolute Gasteiger partial charge is 0.126 e. The van der Waals surface area contributed by atoms with E-state index >= 15 is 0 Å². The zero-order valence-electron chi connectivity index (χ0n) is 11.8. The predicted molar refractivity (Wildman–Crippen MR) is 73.4 cm³/mol. The molecule has 0 fully saturated rings. The third-order valence-electron chi connectivity index (χ3n) is 3.50. The molecule has 0 spiro atoms. The molecular weight excluding hydrogens is 229 g/mol. The van der Waals surface area contributed by atoms with E-state index in [2.05, 4.69) is 19.2 Å². The molecule has 1 N–H and O–H groups in total. The number of rotatable bonds is 7. The highest BCUT2D eigenvalue weighted by Crippen LogP contribution is 2.26. The molecule has 1 aromatic rings. The molecule has 0 aliphatic heterocycles. The van der Waals surface area contributed by atoms with Gasteiger partial charge in [-0.1, -0.05) is 32.8 Å². The first-order valence-electron chi connectivity index (χ1n) is 6.71. The maximum Gasteiger partial charge on any atom is 0.126 e. The third-order valence-corrected chi connectivity index (χ3v) is 3.50. The van der Waals surface area contributed by atoms with E-state index in [0.717, 1.165) is 18.4 Å². The number of ether oxygens (including phenoxy) is 1. The minimum absolute atomic E-state index is 0.155. The van der Waals surface area contributed by atoms with Gasteiger partial charge in [0.1, 0.15) is 11.6 Å². The summed E-state index contributed by atoms with van der Waals surface area (Å²) in [5.74, 6) is 0.941. The van der Waals surface area contributed by atoms with Crippen molar-refractivity contribution in [1.82, 2.24) is 5.32 Å². The second-order valence-electron chi connectivity index (χ2n) is 4.69. The average molecular weight is 253 g/mol. The summed E-state index contributed by atoms with van der Waals surface area (Å²) in [5.41, 5.74) is 1.00. The minimum Gasteiger partial charge on any atom is -0.493 e. The zero-order valence-corrected chi connectivity index (χ0v) is 11.8. The number of halogens is 1. The molecule has 1 atom stereocenters. The molecule has 1 aromatic carbocycles. The maximum absolute atomic E-state index is 13.3. The Bertz CT molecular complexity index is 364. The molecule has 0 saturated heterocycles. The lowest BCUT2D eigenvalue weighted by Gasteiger charge is -2.19. The molecule has 0 aliphatic carbocycles. The highest BCUT2D eigenvalue weighted by atomic mass is 19.1. The molecule has 102 valence electrons. The van der Waals surface area contributed by atoms with E-state index in [9.17, 15) is 4.39 Å². The van der Waals surface area contributed by atoms with Crippen LogP contribution in [0.3, 0.4) is 0 Å². The summed E-state index contributed by atoms with van der Waals surface area (Å²) < 4.78 is 19.1. The van der Waals surface area contributed by atoms with Crippen LogP contribution in [0.5, 0.6) is 5.75 Å². The Balaban J connectivity index is 2.82. The quantitative estimate of drug-likeness (QED) is 0.795. The fraction of sp³-hybridized carbons (Fsp3) is 0.600. The van der Waals surface area contributed by atoms with E-state index in [1.54, 1.807) is 6.07 Å². The Morgan fingerprint density at radius 3 is 2.50 bits per heavy atom. The summed E-state index contributed by atoms with van der Waals surface area (Å²) in [6.07, 6.45) is 2.17. The van der Waals surface area contributed by atoms with Gasteiger partial charge in [-0.25, -0.2) is 4.39 Å². The number of hydrogen-bond donors (Lipinski definition) is 1. The summed E-state index contributed by atoms with van der Waals surface area (Å²) in [4.78, 5) is 0. The van der Waals surface area contributed by atoms with Gasteiger partial charge < -0.3 is 10.1 Å². The molecule has 1 unspecified atom stereocenters. The highest BCUT2D eigenvalue weighted by Gasteiger charge is 2.12. The van der Waals surface area contributed by atoms with Gasteiger partial charge in [-0.2, -0.15) is 0 Å². The minimum atomic E-state index is -0.249. The van der Waals surface area contributed by atoms with Crippen molar-refractivity contribution in [2.45, 2.75) is 39.7 Å². The van der Waals surface area contributed by atoms with Crippen molar-refractivity contribution in [3.63, 3.8) is 0 Å². The van der Waals surface area contributed by atoms with E-state index < -0.39 is 0 Å². The number of hydrogen-bond acceptors (Lipinski definition) is 2. The van der Waals surface area contributed by atoms with Gasteiger partial charge >= 0.3 is 0 Å². The molecule has 0 radical (unpaired) electrons. The molecule has 18 heavy (non-hydrogen) atoms. The molecule has 2 nitrogen and oxygen atoms in total. The van der Waals surface area contributed by atoms with Crippen molar-refractivity contribution in [1.29, 1.82) is 0 Å². The highest BCUT2D eigenvalue weighted by molar-refractivity contribution is 5.36. The fourth-order valence-corrected chi connectivity index (χ4v) is 1.88. The molecule has 0 amide bonds. The van der Waals surface area contributed by atoms with E-state index in [-0.39, 0.29) is 11.9 Å². The lowest BCUT2D eigenvalue weighted by molar-refractivity contribution is 0.236. The fourth-order valence-electron chi connectivity index (χ4n) is 1.88. The van der Waals surface area contributed by atoms with Crippen LogP contribution in [0.1, 0.15) is 45.2 Å². The van der Waals surface area contributed by atoms with E-state index in [4.69, 9.17) is 4.74 Å². The summed E-state index contributed by atoms with van der Waals surface area (Å²) in [5, 5.41) is 3.15. The van der Waals surface area contributed by atoms with Crippen molar-refractivity contribution in [2.75, 3.05) is 13.7 Å². The summed E-state index contributed by atoms with van der Waals surface area (Å²) in [7, 11) is 1.89. The first-order valence-corrected chi connectivity index (χ1v) is 6.71. The van der Waals surface area contributed by atoms with Crippen LogP contribution in [-0.4, -0.2) is 13.7 Å². The van der Waals surface area contributed by atoms with Gasteiger partial charge in [-0.3, -0.25) is 0 Å². The standard InChI is InChI=1S/C15H24FNO/c1-5-12(6-2)10-18-15-9-13(16)7-8-14(15)11(3)17-4/h7-9,11-12,17H,5-6,10H2,1-4H3. The van der Waals surface area contributed by atoms with Crippen LogP contribution in [0, 0.1) is 11.7 Å². The molecule has 3 heteroatoms. The molecule has 0 heterocycles. The van der Waals surface area contributed by atoms with E-state index in [1.165, 1.54) is 12.1 Å². The van der Waals surface area contributed by atoms with Crippen molar-refractivity contribution < 1.29 is 9.13 Å². The van der Waals surface area contributed by atoms with Crippen LogP contribution in [0.15, 0.2) is 18.2 Å². The lowest BCUT2D eigenvalue weighted by Crippen LogP contribution is -2.16. The normalized spacial score (nSPS) is 12.8. The van der Waals surface area contributed by atoms with Crippen LogP contribution in [-0.2, 0) is 0 Å². The second kappa shape index (κ2) is 7.37. The Kier molecular flexibility index (Phi) is 6.13. The lowest BCUT2D eigenvalue weighted by atomic mass is 10.0. The zero-order chi connectivity index (χ0) is 13.5. The molecule has 0 aliphatic rings. The summed E-state index contributed by atoms with van der Waals surface area (Å²) >= 11 is 0. The largest absolute Gasteiger partial charge is 0.493 e. The molecule has 0 aromatic heterocycles. The first-order chi connectivity index (χ1) is 8.62. The maximum atomic E-state index is 13.3. The summed E-state index contributed by atoms with van der Waals surface area (Å²) in [6.45, 7) is 7.00. The predicted octanol–water partition coefficient (Wildman–Crippen LogP) is 3.92. The first kappa shape index (κ1) is 15.0. The van der Waals surface area contributed by atoms with Gasteiger partial charge in [-0.15, -0.1) is 0 Å². The number of nitrogens with one attached hydrogen (secondary N) is 1. The van der Waals surface area contributed by atoms with Crippen LogP contribution in [0.4, 0.5) is 4.39 Å². The van der Waals surface area contributed by atoms with Crippen molar-refractivity contribution in [3.05, 3.63) is 29.6 Å².